The van der Waals surface area contributed by atoms with Crippen molar-refractivity contribution >= 4 is 40.1 Å². The molecule has 1 unspecified atom stereocenters. The molecule has 0 radical (unpaired) electrons. The normalized spacial score (nSPS) is 12.0. The molecule has 0 saturated carbocycles. The Bertz CT molecular complexity index is 933. The van der Waals surface area contributed by atoms with Crippen LogP contribution in [0, 0.1) is 6.92 Å². The summed E-state index contributed by atoms with van der Waals surface area (Å²) in [4.78, 5) is 24.5. The van der Waals surface area contributed by atoms with Crippen molar-refractivity contribution in [3.05, 3.63) is 64.9 Å². The van der Waals surface area contributed by atoms with Gasteiger partial charge in [0.1, 0.15) is 0 Å². The first kappa shape index (κ1) is 17.0. The van der Waals surface area contributed by atoms with Gasteiger partial charge in [0.25, 0.3) is 5.91 Å². The first-order valence-electron chi connectivity index (χ1n) is 7.72. The van der Waals surface area contributed by atoms with Gasteiger partial charge < -0.3 is 14.5 Å². The molecule has 0 aliphatic rings. The van der Waals surface area contributed by atoms with Crippen molar-refractivity contribution in [2.24, 2.45) is 0 Å². The van der Waals surface area contributed by atoms with Crippen LogP contribution in [0.25, 0.3) is 11.0 Å². The minimum absolute atomic E-state index is 0.0439. The molecule has 1 atom stereocenters. The fourth-order valence-corrected chi connectivity index (χ4v) is 2.65. The highest BCUT2D eigenvalue weighted by Crippen LogP contribution is 2.31. The van der Waals surface area contributed by atoms with E-state index in [0.29, 0.717) is 21.9 Å². The summed E-state index contributed by atoms with van der Waals surface area (Å²) in [5, 5.41) is 3.83. The van der Waals surface area contributed by atoms with Crippen molar-refractivity contribution in [2.75, 3.05) is 5.32 Å². The Labute approximate surface area is 149 Å². The summed E-state index contributed by atoms with van der Waals surface area (Å²) in [5.41, 5.74) is 1.68. The molecule has 1 amide bonds. The van der Waals surface area contributed by atoms with Gasteiger partial charge in [0.2, 0.25) is 5.76 Å². The van der Waals surface area contributed by atoms with Gasteiger partial charge in [0.05, 0.1) is 5.02 Å². The summed E-state index contributed by atoms with van der Waals surface area (Å²) in [5.74, 6) is -1.09. The van der Waals surface area contributed by atoms with Crippen LogP contribution in [0.3, 0.4) is 0 Å². The third-order valence-corrected chi connectivity index (χ3v) is 4.09. The second-order valence-electron chi connectivity index (χ2n) is 5.58. The molecule has 3 rings (SSSR count). The zero-order chi connectivity index (χ0) is 18.0. The number of fused-ring (bicyclic) bond motifs is 1. The fraction of sp³-hybridized carbons (Fsp3) is 0.158. The molecule has 0 aliphatic carbocycles. The van der Waals surface area contributed by atoms with Crippen molar-refractivity contribution < 1.29 is 18.7 Å². The highest BCUT2D eigenvalue weighted by Gasteiger charge is 2.24. The van der Waals surface area contributed by atoms with Gasteiger partial charge in [-0.15, -0.1) is 0 Å². The number of carbonyl (C=O) groups excluding carboxylic acids is 2. The first-order valence-corrected chi connectivity index (χ1v) is 8.09. The molecule has 6 heteroatoms. The third kappa shape index (κ3) is 3.51. The van der Waals surface area contributed by atoms with Gasteiger partial charge in [0.15, 0.2) is 11.7 Å². The van der Waals surface area contributed by atoms with E-state index in [9.17, 15) is 9.59 Å². The molecule has 3 aromatic rings. The molecular formula is C19H16ClNO4. The number of para-hydroxylation sites is 2. The molecular weight excluding hydrogens is 342 g/mol. The van der Waals surface area contributed by atoms with E-state index in [2.05, 4.69) is 5.32 Å². The number of amides is 1. The molecule has 0 saturated heterocycles. The molecule has 2 aromatic carbocycles. The summed E-state index contributed by atoms with van der Waals surface area (Å²) in [7, 11) is 0. The average molecular weight is 358 g/mol. The molecule has 0 aliphatic heterocycles. The van der Waals surface area contributed by atoms with Crippen molar-refractivity contribution in [1.29, 1.82) is 0 Å². The number of nitrogens with one attached hydrogen (secondary N) is 1. The lowest BCUT2D eigenvalue weighted by atomic mass is 10.1. The molecule has 1 heterocycles. The zero-order valence-corrected chi connectivity index (χ0v) is 14.5. The topological polar surface area (TPSA) is 68.5 Å². The van der Waals surface area contributed by atoms with Crippen LogP contribution in [0.4, 0.5) is 5.69 Å². The maximum absolute atomic E-state index is 12.4. The number of benzene rings is 2. The predicted octanol–water partition coefficient (Wildman–Crippen LogP) is 4.58. The number of rotatable bonds is 4. The fourth-order valence-electron chi connectivity index (χ4n) is 2.44. The van der Waals surface area contributed by atoms with Crippen molar-refractivity contribution in [2.45, 2.75) is 20.0 Å². The highest BCUT2D eigenvalue weighted by molar-refractivity contribution is 6.35. The Morgan fingerprint density at radius 2 is 1.84 bits per heavy atom. The second-order valence-corrected chi connectivity index (χ2v) is 5.98. The summed E-state index contributed by atoms with van der Waals surface area (Å²) in [6.07, 6.45) is -0.976. The number of halogens is 1. The Morgan fingerprint density at radius 3 is 2.52 bits per heavy atom. The van der Waals surface area contributed by atoms with Crippen LogP contribution in [-0.2, 0) is 9.53 Å². The molecule has 5 nitrogen and oxygen atoms in total. The monoisotopic (exact) mass is 357 g/mol. The predicted molar refractivity (Wildman–Crippen MR) is 95.9 cm³/mol. The van der Waals surface area contributed by atoms with E-state index in [1.165, 1.54) is 6.92 Å². The van der Waals surface area contributed by atoms with E-state index >= 15 is 0 Å². The van der Waals surface area contributed by atoms with Gasteiger partial charge in [-0.05, 0) is 32.0 Å². The van der Waals surface area contributed by atoms with Gasteiger partial charge in [0, 0.05) is 16.6 Å². The van der Waals surface area contributed by atoms with Crippen LogP contribution in [0.15, 0.2) is 52.9 Å². The number of ether oxygens (including phenoxy) is 1. The standard InChI is InChI=1S/C19H16ClNO4/c1-11-14-9-6-10-15(20)17(14)25-16(11)19(23)24-12(2)18(22)21-13-7-4-3-5-8-13/h3-10,12H,1-2H3,(H,21,22). The van der Waals surface area contributed by atoms with E-state index in [1.54, 1.807) is 43.3 Å². The quantitative estimate of drug-likeness (QED) is 0.694. The van der Waals surface area contributed by atoms with Crippen molar-refractivity contribution in [3.63, 3.8) is 0 Å². The second kappa shape index (κ2) is 6.99. The van der Waals surface area contributed by atoms with Crippen molar-refractivity contribution in [3.8, 4) is 0 Å². The molecule has 25 heavy (non-hydrogen) atoms. The van der Waals surface area contributed by atoms with Crippen LogP contribution in [0.2, 0.25) is 5.02 Å². The Hall–Kier alpha value is -2.79. The summed E-state index contributed by atoms with van der Waals surface area (Å²) in [6.45, 7) is 3.24. The van der Waals surface area contributed by atoms with Crippen LogP contribution < -0.4 is 5.32 Å². The molecule has 128 valence electrons. The van der Waals surface area contributed by atoms with E-state index in [4.69, 9.17) is 20.8 Å². The number of aryl methyl sites for hydroxylation is 1. The van der Waals surface area contributed by atoms with Crippen LogP contribution in [0.5, 0.6) is 0 Å². The number of carbonyl (C=O) groups is 2. The minimum Gasteiger partial charge on any atom is -0.447 e. The third-order valence-electron chi connectivity index (χ3n) is 3.80. The van der Waals surface area contributed by atoms with Crippen LogP contribution in [-0.4, -0.2) is 18.0 Å². The van der Waals surface area contributed by atoms with Gasteiger partial charge in [-0.1, -0.05) is 41.9 Å². The Kier molecular flexibility index (Phi) is 4.76. The zero-order valence-electron chi connectivity index (χ0n) is 13.7. The highest BCUT2D eigenvalue weighted by atomic mass is 35.5. The minimum atomic E-state index is -0.976. The van der Waals surface area contributed by atoms with E-state index in [0.717, 1.165) is 5.39 Å². The summed E-state index contributed by atoms with van der Waals surface area (Å²) in [6, 6.07) is 14.2. The Morgan fingerprint density at radius 1 is 1.12 bits per heavy atom. The SMILES string of the molecule is Cc1c(C(=O)OC(C)C(=O)Nc2ccccc2)oc2c(Cl)cccc12. The maximum Gasteiger partial charge on any atom is 0.375 e. The lowest BCUT2D eigenvalue weighted by molar-refractivity contribution is -0.123. The summed E-state index contributed by atoms with van der Waals surface area (Å²) >= 11 is 6.08. The first-order chi connectivity index (χ1) is 12.0. The van der Waals surface area contributed by atoms with Gasteiger partial charge in [-0.2, -0.15) is 0 Å². The maximum atomic E-state index is 12.4. The number of esters is 1. The molecule has 0 fully saturated rings. The van der Waals surface area contributed by atoms with Gasteiger partial charge in [-0.25, -0.2) is 4.79 Å². The smallest absolute Gasteiger partial charge is 0.375 e. The lowest BCUT2D eigenvalue weighted by Gasteiger charge is -2.12. The van der Waals surface area contributed by atoms with Gasteiger partial charge >= 0.3 is 5.97 Å². The number of furan rings is 1. The molecule has 1 N–H and O–H groups in total. The number of anilines is 1. The number of hydrogen-bond donors (Lipinski definition) is 1. The van der Waals surface area contributed by atoms with Crippen molar-refractivity contribution in [1.82, 2.24) is 0 Å². The number of hydrogen-bond acceptors (Lipinski definition) is 4. The molecule has 1 aromatic heterocycles. The molecule has 0 bridgehead atoms. The van der Waals surface area contributed by atoms with E-state index in [1.807, 2.05) is 12.1 Å². The molecule has 0 spiro atoms. The lowest BCUT2D eigenvalue weighted by Crippen LogP contribution is -2.30. The summed E-state index contributed by atoms with van der Waals surface area (Å²) < 4.78 is 10.8. The van der Waals surface area contributed by atoms with E-state index in [-0.39, 0.29) is 5.76 Å². The average Bonchev–Trinajstić information content (AvgIpc) is 2.94. The Balaban J connectivity index is 1.74. The van der Waals surface area contributed by atoms with Crippen LogP contribution >= 0.6 is 11.6 Å². The van der Waals surface area contributed by atoms with Gasteiger partial charge in [-0.3, -0.25) is 4.79 Å². The van der Waals surface area contributed by atoms with Crippen LogP contribution in [0.1, 0.15) is 23.0 Å². The largest absolute Gasteiger partial charge is 0.447 e. The van der Waals surface area contributed by atoms with E-state index < -0.39 is 18.0 Å².